The Balaban J connectivity index is 1.52. The highest BCUT2D eigenvalue weighted by Gasteiger charge is 2.30. The largest absolute Gasteiger partial charge is 0.317 e. The Morgan fingerprint density at radius 2 is 2.00 bits per heavy atom. The predicted molar refractivity (Wildman–Crippen MR) is 95.4 cm³/mol. The minimum Gasteiger partial charge on any atom is -0.317 e. The molecule has 1 N–H and O–H groups in total. The lowest BCUT2D eigenvalue weighted by atomic mass is 9.84. The van der Waals surface area contributed by atoms with E-state index >= 15 is 0 Å². The summed E-state index contributed by atoms with van der Waals surface area (Å²) >= 11 is 0. The monoisotopic (exact) mass is 309 g/mol. The number of benzene rings is 1. The second-order valence-electron chi connectivity index (χ2n) is 7.15. The number of aromatic nitrogens is 1. The Hall–Kier alpha value is -1.45. The van der Waals surface area contributed by atoms with Gasteiger partial charge in [-0.3, -0.25) is 9.88 Å². The third-order valence-electron chi connectivity index (χ3n) is 5.65. The van der Waals surface area contributed by atoms with Crippen molar-refractivity contribution in [2.24, 2.45) is 5.92 Å². The van der Waals surface area contributed by atoms with E-state index in [2.05, 4.69) is 39.5 Å². The number of pyridine rings is 1. The molecule has 2 saturated heterocycles. The van der Waals surface area contributed by atoms with Crippen molar-refractivity contribution in [1.82, 2.24) is 15.2 Å². The quantitative estimate of drug-likeness (QED) is 0.939. The summed E-state index contributed by atoms with van der Waals surface area (Å²) in [5, 5.41) is 4.75. The third-order valence-corrected chi connectivity index (χ3v) is 5.65. The van der Waals surface area contributed by atoms with Crippen molar-refractivity contribution in [2.45, 2.75) is 44.7 Å². The summed E-state index contributed by atoms with van der Waals surface area (Å²) < 4.78 is 0. The maximum atomic E-state index is 4.52. The SMILES string of the molecule is c1cnc2cc(CN3CCCCC3C3CCNCC3)ccc2c1. The number of hydrogen-bond acceptors (Lipinski definition) is 3. The van der Waals surface area contributed by atoms with Crippen LogP contribution in [0.15, 0.2) is 36.5 Å². The van der Waals surface area contributed by atoms with Crippen molar-refractivity contribution in [2.75, 3.05) is 19.6 Å². The van der Waals surface area contributed by atoms with Crippen molar-refractivity contribution in [3.63, 3.8) is 0 Å². The number of nitrogens with zero attached hydrogens (tertiary/aromatic N) is 2. The van der Waals surface area contributed by atoms with E-state index in [0.29, 0.717) is 0 Å². The lowest BCUT2D eigenvalue weighted by Gasteiger charge is -2.42. The molecule has 122 valence electrons. The summed E-state index contributed by atoms with van der Waals surface area (Å²) in [4.78, 5) is 7.27. The zero-order chi connectivity index (χ0) is 15.5. The van der Waals surface area contributed by atoms with Crippen LogP contribution in [-0.2, 0) is 6.54 Å². The van der Waals surface area contributed by atoms with Crippen molar-refractivity contribution in [3.05, 3.63) is 42.1 Å². The molecule has 2 aliphatic heterocycles. The van der Waals surface area contributed by atoms with Gasteiger partial charge in [-0.2, -0.15) is 0 Å². The first-order chi connectivity index (χ1) is 11.4. The fraction of sp³-hybridized carbons (Fsp3) is 0.550. The molecule has 1 aromatic carbocycles. The van der Waals surface area contributed by atoms with E-state index in [-0.39, 0.29) is 0 Å². The summed E-state index contributed by atoms with van der Waals surface area (Å²) in [5.74, 6) is 0.884. The fourth-order valence-electron chi connectivity index (χ4n) is 4.42. The molecule has 3 nitrogen and oxygen atoms in total. The molecule has 4 rings (SSSR count). The van der Waals surface area contributed by atoms with Gasteiger partial charge in [0, 0.05) is 24.2 Å². The highest BCUT2D eigenvalue weighted by Crippen LogP contribution is 2.30. The average molecular weight is 309 g/mol. The summed E-state index contributed by atoms with van der Waals surface area (Å²) in [6.07, 6.45) is 8.74. The summed E-state index contributed by atoms with van der Waals surface area (Å²) in [6, 6.07) is 11.7. The topological polar surface area (TPSA) is 28.2 Å². The van der Waals surface area contributed by atoms with Gasteiger partial charge in [0.15, 0.2) is 0 Å². The number of likely N-dealkylation sites (tertiary alicyclic amines) is 1. The zero-order valence-corrected chi connectivity index (χ0v) is 13.9. The predicted octanol–water partition coefficient (Wildman–Crippen LogP) is 3.59. The summed E-state index contributed by atoms with van der Waals surface area (Å²) in [7, 11) is 0. The third kappa shape index (κ3) is 3.41. The van der Waals surface area contributed by atoms with Gasteiger partial charge in [0.2, 0.25) is 0 Å². The van der Waals surface area contributed by atoms with Crippen LogP contribution in [0.4, 0.5) is 0 Å². The normalized spacial score (nSPS) is 24.1. The molecule has 0 amide bonds. The summed E-state index contributed by atoms with van der Waals surface area (Å²) in [6.45, 7) is 4.75. The second kappa shape index (κ2) is 6.98. The molecule has 0 spiro atoms. The highest BCUT2D eigenvalue weighted by molar-refractivity contribution is 5.78. The van der Waals surface area contributed by atoms with Gasteiger partial charge < -0.3 is 5.32 Å². The maximum Gasteiger partial charge on any atom is 0.0705 e. The van der Waals surface area contributed by atoms with Crippen LogP contribution >= 0.6 is 0 Å². The summed E-state index contributed by atoms with van der Waals surface area (Å²) in [5.41, 5.74) is 2.54. The molecule has 0 bridgehead atoms. The number of piperidine rings is 2. The number of fused-ring (bicyclic) bond motifs is 1. The smallest absolute Gasteiger partial charge is 0.0705 e. The van der Waals surface area contributed by atoms with Crippen LogP contribution in [0, 0.1) is 5.92 Å². The van der Waals surface area contributed by atoms with Crippen LogP contribution in [0.1, 0.15) is 37.7 Å². The Bertz CT molecular complexity index is 648. The van der Waals surface area contributed by atoms with Crippen LogP contribution in [0.2, 0.25) is 0 Å². The van der Waals surface area contributed by atoms with Gasteiger partial charge >= 0.3 is 0 Å². The first-order valence-electron chi connectivity index (χ1n) is 9.18. The van der Waals surface area contributed by atoms with Gasteiger partial charge in [0.1, 0.15) is 0 Å². The van der Waals surface area contributed by atoms with E-state index < -0.39 is 0 Å². The van der Waals surface area contributed by atoms with Gasteiger partial charge in [0.25, 0.3) is 0 Å². The Morgan fingerprint density at radius 3 is 2.91 bits per heavy atom. The number of hydrogen-bond donors (Lipinski definition) is 1. The number of rotatable bonds is 3. The van der Waals surface area contributed by atoms with Gasteiger partial charge in [-0.15, -0.1) is 0 Å². The van der Waals surface area contributed by atoms with E-state index in [0.717, 1.165) is 24.0 Å². The number of nitrogens with one attached hydrogen (secondary N) is 1. The lowest BCUT2D eigenvalue weighted by molar-refractivity contribution is 0.0778. The van der Waals surface area contributed by atoms with Crippen molar-refractivity contribution in [3.8, 4) is 0 Å². The van der Waals surface area contributed by atoms with Crippen molar-refractivity contribution in [1.29, 1.82) is 0 Å². The highest BCUT2D eigenvalue weighted by atomic mass is 15.2. The Labute approximate surface area is 139 Å². The van der Waals surface area contributed by atoms with Crippen LogP contribution < -0.4 is 5.32 Å². The van der Waals surface area contributed by atoms with E-state index in [1.54, 1.807) is 0 Å². The molecule has 1 atom stereocenters. The van der Waals surface area contributed by atoms with Gasteiger partial charge in [-0.25, -0.2) is 0 Å². The van der Waals surface area contributed by atoms with E-state index in [9.17, 15) is 0 Å². The molecular formula is C20H27N3. The van der Waals surface area contributed by atoms with Crippen molar-refractivity contribution < 1.29 is 0 Å². The molecule has 2 aliphatic rings. The first kappa shape index (κ1) is 15.1. The molecule has 0 radical (unpaired) electrons. The van der Waals surface area contributed by atoms with Gasteiger partial charge in [-0.05, 0) is 68.9 Å². The minimum absolute atomic E-state index is 0.783. The van der Waals surface area contributed by atoms with E-state index in [4.69, 9.17) is 0 Å². The molecular weight excluding hydrogens is 282 g/mol. The fourth-order valence-corrected chi connectivity index (χ4v) is 4.42. The molecule has 1 aromatic heterocycles. The van der Waals surface area contributed by atoms with Crippen LogP contribution in [-0.4, -0.2) is 35.6 Å². The van der Waals surface area contributed by atoms with Crippen LogP contribution in [0.5, 0.6) is 0 Å². The van der Waals surface area contributed by atoms with E-state index in [1.807, 2.05) is 12.3 Å². The van der Waals surface area contributed by atoms with Gasteiger partial charge in [-0.1, -0.05) is 24.6 Å². The average Bonchev–Trinajstić information content (AvgIpc) is 2.63. The first-order valence-corrected chi connectivity index (χ1v) is 9.18. The molecule has 2 aromatic rings. The molecule has 2 fully saturated rings. The minimum atomic E-state index is 0.783. The van der Waals surface area contributed by atoms with Crippen LogP contribution in [0.25, 0.3) is 10.9 Å². The molecule has 0 aliphatic carbocycles. The zero-order valence-electron chi connectivity index (χ0n) is 13.9. The van der Waals surface area contributed by atoms with Crippen molar-refractivity contribution >= 4 is 10.9 Å². The molecule has 3 heteroatoms. The van der Waals surface area contributed by atoms with Gasteiger partial charge in [0.05, 0.1) is 5.52 Å². The van der Waals surface area contributed by atoms with Crippen LogP contribution in [0.3, 0.4) is 0 Å². The molecule has 1 unspecified atom stereocenters. The molecule has 0 saturated carbocycles. The Morgan fingerprint density at radius 1 is 1.09 bits per heavy atom. The second-order valence-corrected chi connectivity index (χ2v) is 7.15. The molecule has 3 heterocycles. The maximum absolute atomic E-state index is 4.52. The van der Waals surface area contributed by atoms with E-state index in [1.165, 1.54) is 62.7 Å². The molecule has 23 heavy (non-hydrogen) atoms. The standard InChI is InChI=1S/C20H27N3/c1-2-13-23(20(5-1)18-8-11-21-12-9-18)15-16-6-7-17-4-3-10-22-19(17)14-16/h3-4,6-7,10,14,18,20-21H,1-2,5,8-9,11-13,15H2. The Kier molecular flexibility index (Phi) is 4.58. The lowest BCUT2D eigenvalue weighted by Crippen LogP contribution is -2.46.